The first-order valence-corrected chi connectivity index (χ1v) is 5.01. The molecule has 0 aliphatic carbocycles. The molecule has 1 rings (SSSR count). The third kappa shape index (κ3) is 3.77. The first-order valence-electron chi connectivity index (χ1n) is 5.01. The maximum atomic E-state index is 10.6. The second kappa shape index (κ2) is 5.22. The minimum Gasteiger partial charge on any atom is -0.460 e. The maximum Gasteiger partial charge on any atom is 0.302 e. The average molecular weight is 186 g/mol. The minimum atomic E-state index is -0.204. The molecule has 3 nitrogen and oxygen atoms in total. The van der Waals surface area contributed by atoms with Crippen LogP contribution in [0.15, 0.2) is 0 Å². The van der Waals surface area contributed by atoms with Crippen molar-refractivity contribution >= 4 is 5.97 Å². The fraction of sp³-hybridized carbons (Fsp3) is 0.900. The molecule has 1 aliphatic heterocycles. The number of ether oxygens (including phenoxy) is 2. The number of carbonyl (C=O) groups is 1. The van der Waals surface area contributed by atoms with Gasteiger partial charge in [0.2, 0.25) is 0 Å². The summed E-state index contributed by atoms with van der Waals surface area (Å²) in [6, 6.07) is 0. The van der Waals surface area contributed by atoms with E-state index < -0.39 is 0 Å². The Morgan fingerprint density at radius 2 is 2.38 bits per heavy atom. The normalized spacial score (nSPS) is 27.5. The monoisotopic (exact) mass is 186 g/mol. The molecule has 3 heteroatoms. The van der Waals surface area contributed by atoms with Gasteiger partial charge >= 0.3 is 5.97 Å². The molecule has 1 heterocycles. The average Bonchev–Trinajstić information content (AvgIpc) is 2.48. The molecule has 13 heavy (non-hydrogen) atoms. The number of rotatable bonds is 4. The second-order valence-corrected chi connectivity index (χ2v) is 3.56. The second-order valence-electron chi connectivity index (χ2n) is 3.56. The Labute approximate surface area is 79.4 Å². The molecule has 76 valence electrons. The fourth-order valence-corrected chi connectivity index (χ4v) is 1.62. The summed E-state index contributed by atoms with van der Waals surface area (Å²) in [4.78, 5) is 10.6. The van der Waals surface area contributed by atoms with Crippen LogP contribution in [0.4, 0.5) is 0 Å². The molecule has 0 aromatic carbocycles. The highest BCUT2D eigenvalue weighted by atomic mass is 16.6. The number of unbranched alkanes of at least 4 members (excludes halogenated alkanes) is 1. The van der Waals surface area contributed by atoms with Crippen molar-refractivity contribution in [3.05, 3.63) is 0 Å². The quantitative estimate of drug-likeness (QED) is 0.629. The highest BCUT2D eigenvalue weighted by molar-refractivity contribution is 5.66. The van der Waals surface area contributed by atoms with E-state index in [1.54, 1.807) is 0 Å². The summed E-state index contributed by atoms with van der Waals surface area (Å²) < 4.78 is 10.5. The molecule has 1 fully saturated rings. The van der Waals surface area contributed by atoms with Crippen molar-refractivity contribution in [3.8, 4) is 0 Å². The molecule has 0 aromatic rings. The molecule has 0 amide bonds. The topological polar surface area (TPSA) is 35.5 Å². The van der Waals surface area contributed by atoms with Crippen LogP contribution < -0.4 is 0 Å². The van der Waals surface area contributed by atoms with Crippen molar-refractivity contribution in [2.75, 3.05) is 6.61 Å². The number of hydrogen-bond donors (Lipinski definition) is 0. The van der Waals surface area contributed by atoms with Crippen LogP contribution in [0.1, 0.15) is 39.5 Å². The molecule has 0 saturated carbocycles. The third-order valence-corrected chi connectivity index (χ3v) is 2.26. The lowest BCUT2D eigenvalue weighted by Gasteiger charge is -2.08. The first-order chi connectivity index (χ1) is 6.22. The fourth-order valence-electron chi connectivity index (χ4n) is 1.62. The van der Waals surface area contributed by atoms with Gasteiger partial charge in [-0.15, -0.1) is 0 Å². The Morgan fingerprint density at radius 1 is 1.62 bits per heavy atom. The van der Waals surface area contributed by atoms with Gasteiger partial charge in [-0.25, -0.2) is 0 Å². The van der Waals surface area contributed by atoms with Crippen LogP contribution in [0.2, 0.25) is 0 Å². The summed E-state index contributed by atoms with van der Waals surface area (Å²) in [6.45, 7) is 4.19. The summed E-state index contributed by atoms with van der Waals surface area (Å²) in [7, 11) is 0. The number of carbonyl (C=O) groups excluding carboxylic acids is 1. The van der Waals surface area contributed by atoms with Crippen molar-refractivity contribution in [1.29, 1.82) is 0 Å². The zero-order valence-corrected chi connectivity index (χ0v) is 8.41. The molecule has 1 aliphatic rings. The lowest BCUT2D eigenvalue weighted by molar-refractivity contribution is -0.146. The lowest BCUT2D eigenvalue weighted by Crippen LogP contribution is -2.16. The zero-order valence-electron chi connectivity index (χ0n) is 8.41. The molecule has 0 N–H and O–H groups in total. The van der Waals surface area contributed by atoms with Gasteiger partial charge in [0.05, 0.1) is 12.7 Å². The molecule has 0 unspecified atom stereocenters. The van der Waals surface area contributed by atoms with E-state index in [-0.39, 0.29) is 12.1 Å². The highest BCUT2D eigenvalue weighted by Crippen LogP contribution is 2.20. The van der Waals surface area contributed by atoms with Gasteiger partial charge in [-0.2, -0.15) is 0 Å². The molecule has 2 atom stereocenters. The third-order valence-electron chi connectivity index (χ3n) is 2.26. The summed E-state index contributed by atoms with van der Waals surface area (Å²) in [5.41, 5.74) is 0. The summed E-state index contributed by atoms with van der Waals surface area (Å²) >= 11 is 0. The van der Waals surface area contributed by atoms with Crippen LogP contribution in [0, 0.1) is 0 Å². The molecule has 0 spiro atoms. The van der Waals surface area contributed by atoms with Gasteiger partial charge in [-0.1, -0.05) is 19.8 Å². The maximum absolute atomic E-state index is 10.6. The molecule has 0 aromatic heterocycles. The lowest BCUT2D eigenvalue weighted by atomic mass is 10.1. The zero-order chi connectivity index (χ0) is 9.68. The summed E-state index contributed by atoms with van der Waals surface area (Å²) in [5.74, 6) is -0.204. The van der Waals surface area contributed by atoms with Gasteiger partial charge in [0, 0.05) is 13.3 Å². The standard InChI is InChI=1S/C10H18O3/c1-3-4-5-9-6-10(7-12-9)13-8(2)11/h9-10H,3-7H2,1-2H3/t9-,10+/m1/s1. The Hall–Kier alpha value is -0.570. The van der Waals surface area contributed by atoms with Crippen molar-refractivity contribution in [2.24, 2.45) is 0 Å². The van der Waals surface area contributed by atoms with E-state index in [1.807, 2.05) is 0 Å². The van der Waals surface area contributed by atoms with E-state index in [2.05, 4.69) is 6.92 Å². The van der Waals surface area contributed by atoms with E-state index in [4.69, 9.17) is 9.47 Å². The van der Waals surface area contributed by atoms with Crippen LogP contribution in [0.5, 0.6) is 0 Å². The van der Waals surface area contributed by atoms with E-state index in [1.165, 1.54) is 19.8 Å². The van der Waals surface area contributed by atoms with E-state index in [0.717, 1.165) is 12.8 Å². The van der Waals surface area contributed by atoms with E-state index >= 15 is 0 Å². The van der Waals surface area contributed by atoms with Crippen LogP contribution in [0.3, 0.4) is 0 Å². The van der Waals surface area contributed by atoms with Crippen LogP contribution in [-0.2, 0) is 14.3 Å². The predicted octanol–water partition coefficient (Wildman–Crippen LogP) is 1.90. The number of hydrogen-bond acceptors (Lipinski definition) is 3. The molecular weight excluding hydrogens is 168 g/mol. The Morgan fingerprint density at radius 3 is 3.00 bits per heavy atom. The van der Waals surface area contributed by atoms with Gasteiger partial charge in [-0.05, 0) is 6.42 Å². The highest BCUT2D eigenvalue weighted by Gasteiger charge is 2.26. The van der Waals surface area contributed by atoms with Crippen LogP contribution in [-0.4, -0.2) is 24.8 Å². The Balaban J connectivity index is 2.16. The molecule has 0 bridgehead atoms. The minimum absolute atomic E-state index is 0.000596. The van der Waals surface area contributed by atoms with Gasteiger partial charge in [0.25, 0.3) is 0 Å². The number of esters is 1. The van der Waals surface area contributed by atoms with Crippen LogP contribution in [0.25, 0.3) is 0 Å². The molecule has 0 radical (unpaired) electrons. The van der Waals surface area contributed by atoms with E-state index in [9.17, 15) is 4.79 Å². The van der Waals surface area contributed by atoms with Gasteiger partial charge in [0.1, 0.15) is 6.10 Å². The largest absolute Gasteiger partial charge is 0.460 e. The van der Waals surface area contributed by atoms with Crippen molar-refractivity contribution in [3.63, 3.8) is 0 Å². The van der Waals surface area contributed by atoms with Gasteiger partial charge < -0.3 is 9.47 Å². The Bertz CT molecular complexity index is 168. The SMILES string of the molecule is CCCC[C@@H]1C[C@H](OC(C)=O)CO1. The molecular formula is C10H18O3. The molecule has 1 saturated heterocycles. The van der Waals surface area contributed by atoms with Gasteiger partial charge in [-0.3, -0.25) is 4.79 Å². The van der Waals surface area contributed by atoms with Crippen molar-refractivity contribution in [1.82, 2.24) is 0 Å². The van der Waals surface area contributed by atoms with Crippen LogP contribution >= 0.6 is 0 Å². The van der Waals surface area contributed by atoms with Crippen molar-refractivity contribution < 1.29 is 14.3 Å². The predicted molar refractivity (Wildman–Crippen MR) is 49.4 cm³/mol. The summed E-state index contributed by atoms with van der Waals surface area (Å²) in [6.07, 6.45) is 4.66. The Kier molecular flexibility index (Phi) is 4.22. The smallest absolute Gasteiger partial charge is 0.302 e. The first kappa shape index (κ1) is 10.5. The van der Waals surface area contributed by atoms with Gasteiger partial charge in [0.15, 0.2) is 0 Å². The van der Waals surface area contributed by atoms with E-state index in [0.29, 0.717) is 12.7 Å². The summed E-state index contributed by atoms with van der Waals surface area (Å²) in [5, 5.41) is 0. The van der Waals surface area contributed by atoms with Crippen molar-refractivity contribution in [2.45, 2.75) is 51.7 Å².